The van der Waals surface area contributed by atoms with Gasteiger partial charge in [-0.05, 0) is 36.6 Å². The summed E-state index contributed by atoms with van der Waals surface area (Å²) in [4.78, 5) is 16.6. The van der Waals surface area contributed by atoms with Crippen LogP contribution in [0, 0.1) is 0 Å². The number of carbonyl (C=O) groups excluding carboxylic acids is 1. The van der Waals surface area contributed by atoms with Crippen molar-refractivity contribution in [2.24, 2.45) is 0 Å². The van der Waals surface area contributed by atoms with Gasteiger partial charge in [-0.1, -0.05) is 32.0 Å². The van der Waals surface area contributed by atoms with Crippen LogP contribution in [0.3, 0.4) is 0 Å². The van der Waals surface area contributed by atoms with Crippen molar-refractivity contribution in [3.05, 3.63) is 51.7 Å². The second-order valence-electron chi connectivity index (χ2n) is 5.05. The molecule has 0 aliphatic carbocycles. The van der Waals surface area contributed by atoms with Crippen LogP contribution in [0.25, 0.3) is 0 Å². The van der Waals surface area contributed by atoms with Gasteiger partial charge < -0.3 is 10.6 Å². The lowest BCUT2D eigenvalue weighted by atomic mass is 10.1. The zero-order valence-electron chi connectivity index (χ0n) is 12.6. The number of carbonyl (C=O) groups is 1. The highest BCUT2D eigenvalue weighted by Gasteiger charge is 2.18. The summed E-state index contributed by atoms with van der Waals surface area (Å²) >= 11 is 1.59. The molecule has 0 radical (unpaired) electrons. The fourth-order valence-corrected chi connectivity index (χ4v) is 3.16. The Kier molecular flexibility index (Phi) is 5.39. The molecule has 1 aromatic carbocycles. The molecule has 0 aliphatic rings. The van der Waals surface area contributed by atoms with Gasteiger partial charge in [0.05, 0.1) is 4.88 Å². The predicted octanol–water partition coefficient (Wildman–Crippen LogP) is 3.95. The first-order valence-electron chi connectivity index (χ1n) is 7.37. The van der Waals surface area contributed by atoms with Gasteiger partial charge in [0.2, 0.25) is 0 Å². The summed E-state index contributed by atoms with van der Waals surface area (Å²) in [5.74, 6) is 0.102. The molecule has 1 amide bonds. The van der Waals surface area contributed by atoms with E-state index >= 15 is 0 Å². The minimum atomic E-state index is 0.102. The van der Waals surface area contributed by atoms with E-state index in [0.717, 1.165) is 35.5 Å². The van der Waals surface area contributed by atoms with Crippen molar-refractivity contribution in [2.45, 2.75) is 33.2 Å². The third-order valence-electron chi connectivity index (χ3n) is 3.42. The minimum Gasteiger partial charge on any atom is -0.398 e. The Labute approximate surface area is 130 Å². The van der Waals surface area contributed by atoms with E-state index in [1.807, 2.05) is 41.3 Å². The van der Waals surface area contributed by atoms with Crippen molar-refractivity contribution < 1.29 is 4.79 Å². The molecule has 2 aromatic rings. The maximum atomic E-state index is 12.7. The maximum absolute atomic E-state index is 12.7. The number of hydrogen-bond donors (Lipinski definition) is 1. The van der Waals surface area contributed by atoms with Crippen molar-refractivity contribution in [3.63, 3.8) is 0 Å². The summed E-state index contributed by atoms with van der Waals surface area (Å²) in [7, 11) is 0. The molecular weight excluding hydrogens is 280 g/mol. The van der Waals surface area contributed by atoms with Crippen LogP contribution in [0.5, 0.6) is 0 Å². The Balaban J connectivity index is 2.18. The molecule has 0 saturated heterocycles. The molecule has 0 saturated carbocycles. The zero-order chi connectivity index (χ0) is 15.2. The highest BCUT2D eigenvalue weighted by Crippen LogP contribution is 2.21. The van der Waals surface area contributed by atoms with Crippen molar-refractivity contribution in [2.75, 3.05) is 12.3 Å². The Morgan fingerprint density at radius 3 is 2.57 bits per heavy atom. The lowest BCUT2D eigenvalue weighted by Gasteiger charge is -2.22. The molecule has 0 unspecified atom stereocenters. The van der Waals surface area contributed by atoms with E-state index in [1.165, 1.54) is 4.88 Å². The van der Waals surface area contributed by atoms with Crippen LogP contribution in [-0.2, 0) is 13.0 Å². The second-order valence-corrected chi connectivity index (χ2v) is 6.21. The summed E-state index contributed by atoms with van der Waals surface area (Å²) in [6.45, 7) is 5.50. The molecule has 0 fully saturated rings. The molecule has 4 heteroatoms. The van der Waals surface area contributed by atoms with Gasteiger partial charge in [0.1, 0.15) is 0 Å². The molecule has 0 spiro atoms. The number of aryl methyl sites for hydroxylation is 1. The fraction of sp³-hybridized carbons (Fsp3) is 0.353. The molecule has 0 aliphatic heterocycles. The number of para-hydroxylation sites is 1. The number of benzene rings is 1. The summed E-state index contributed by atoms with van der Waals surface area (Å²) in [5, 5.41) is 0. The topological polar surface area (TPSA) is 46.3 Å². The highest BCUT2D eigenvalue weighted by molar-refractivity contribution is 7.14. The highest BCUT2D eigenvalue weighted by atomic mass is 32.1. The number of amides is 1. The molecule has 3 nitrogen and oxygen atoms in total. The van der Waals surface area contributed by atoms with E-state index in [0.29, 0.717) is 6.54 Å². The largest absolute Gasteiger partial charge is 0.398 e. The number of thiophene rings is 1. The van der Waals surface area contributed by atoms with Crippen molar-refractivity contribution >= 4 is 22.9 Å². The second kappa shape index (κ2) is 7.27. The lowest BCUT2D eigenvalue weighted by molar-refractivity contribution is 0.0748. The number of rotatable bonds is 6. The first-order chi connectivity index (χ1) is 10.2. The fourth-order valence-electron chi connectivity index (χ4n) is 2.24. The van der Waals surface area contributed by atoms with Gasteiger partial charge in [-0.2, -0.15) is 0 Å². The van der Waals surface area contributed by atoms with Gasteiger partial charge in [0.15, 0.2) is 0 Å². The first kappa shape index (κ1) is 15.6. The average Bonchev–Trinajstić information content (AvgIpc) is 2.97. The summed E-state index contributed by atoms with van der Waals surface area (Å²) in [6, 6.07) is 11.7. The minimum absolute atomic E-state index is 0.102. The summed E-state index contributed by atoms with van der Waals surface area (Å²) < 4.78 is 0. The van der Waals surface area contributed by atoms with Crippen LogP contribution in [0.2, 0.25) is 0 Å². The number of hydrogen-bond acceptors (Lipinski definition) is 3. The number of anilines is 1. The van der Waals surface area contributed by atoms with Crippen molar-refractivity contribution in [3.8, 4) is 0 Å². The molecule has 1 aromatic heterocycles. The maximum Gasteiger partial charge on any atom is 0.264 e. The predicted molar refractivity (Wildman–Crippen MR) is 89.6 cm³/mol. The monoisotopic (exact) mass is 302 g/mol. The Morgan fingerprint density at radius 2 is 1.95 bits per heavy atom. The first-order valence-corrected chi connectivity index (χ1v) is 8.18. The molecular formula is C17H22N2OS. The Morgan fingerprint density at radius 1 is 1.19 bits per heavy atom. The van der Waals surface area contributed by atoms with Gasteiger partial charge in [-0.3, -0.25) is 4.79 Å². The van der Waals surface area contributed by atoms with Gasteiger partial charge >= 0.3 is 0 Å². The summed E-state index contributed by atoms with van der Waals surface area (Å²) in [6.07, 6.45) is 1.90. The third-order valence-corrected chi connectivity index (χ3v) is 4.64. The quantitative estimate of drug-likeness (QED) is 0.821. The van der Waals surface area contributed by atoms with Crippen LogP contribution in [-0.4, -0.2) is 17.4 Å². The van der Waals surface area contributed by atoms with E-state index in [4.69, 9.17) is 5.73 Å². The van der Waals surface area contributed by atoms with Gasteiger partial charge in [-0.15, -0.1) is 11.3 Å². The zero-order valence-corrected chi connectivity index (χ0v) is 13.5. The number of nitrogen functional groups attached to an aromatic ring is 1. The molecule has 21 heavy (non-hydrogen) atoms. The average molecular weight is 302 g/mol. The van der Waals surface area contributed by atoms with E-state index in [1.54, 1.807) is 11.3 Å². The van der Waals surface area contributed by atoms with E-state index < -0.39 is 0 Å². The number of nitrogens with zero attached hydrogens (tertiary/aromatic N) is 1. The Hall–Kier alpha value is -1.81. The van der Waals surface area contributed by atoms with E-state index in [2.05, 4.69) is 13.8 Å². The van der Waals surface area contributed by atoms with Gasteiger partial charge in [-0.25, -0.2) is 0 Å². The van der Waals surface area contributed by atoms with Crippen LogP contribution in [0.15, 0.2) is 36.4 Å². The number of nitrogens with two attached hydrogens (primary N) is 1. The van der Waals surface area contributed by atoms with Crippen molar-refractivity contribution in [1.82, 2.24) is 4.90 Å². The van der Waals surface area contributed by atoms with Crippen molar-refractivity contribution in [1.29, 1.82) is 0 Å². The van der Waals surface area contributed by atoms with Crippen LogP contribution in [0.1, 0.15) is 40.4 Å². The molecule has 2 N–H and O–H groups in total. The van der Waals surface area contributed by atoms with Crippen LogP contribution < -0.4 is 5.73 Å². The van der Waals surface area contributed by atoms with Crippen LogP contribution >= 0.6 is 11.3 Å². The molecule has 0 atom stereocenters. The lowest BCUT2D eigenvalue weighted by Crippen LogP contribution is -2.31. The Bertz CT molecular complexity index is 606. The van der Waals surface area contributed by atoms with E-state index in [-0.39, 0.29) is 5.91 Å². The molecule has 2 rings (SSSR count). The van der Waals surface area contributed by atoms with Crippen LogP contribution in [0.4, 0.5) is 5.69 Å². The standard InChI is InChI=1S/C17H22N2OS/c1-3-11-19(12-13-7-5-6-8-15(13)18)17(20)16-10-9-14(4-2)21-16/h5-10H,3-4,11-12,18H2,1-2H3. The molecule has 112 valence electrons. The van der Waals surface area contributed by atoms with Gasteiger partial charge in [0.25, 0.3) is 5.91 Å². The molecule has 0 bridgehead atoms. The van der Waals surface area contributed by atoms with Gasteiger partial charge in [0, 0.05) is 23.7 Å². The smallest absolute Gasteiger partial charge is 0.264 e. The summed E-state index contributed by atoms with van der Waals surface area (Å²) in [5.41, 5.74) is 7.74. The molecule has 1 heterocycles. The SMILES string of the molecule is CCCN(Cc1ccccc1N)C(=O)c1ccc(CC)s1. The third kappa shape index (κ3) is 3.85. The van der Waals surface area contributed by atoms with E-state index in [9.17, 15) is 4.79 Å². The normalized spacial score (nSPS) is 10.6.